The summed E-state index contributed by atoms with van der Waals surface area (Å²) in [6, 6.07) is 0.261. The second-order valence-electron chi connectivity index (χ2n) is 8.88. The summed E-state index contributed by atoms with van der Waals surface area (Å²) in [5, 5.41) is 0. The van der Waals surface area contributed by atoms with E-state index in [0.717, 1.165) is 12.3 Å². The Morgan fingerprint density at radius 1 is 1.26 bits per heavy atom. The molecule has 3 heteroatoms. The van der Waals surface area contributed by atoms with Gasteiger partial charge in [0.25, 0.3) is 0 Å². The van der Waals surface area contributed by atoms with Crippen LogP contribution in [0.25, 0.3) is 0 Å². The predicted molar refractivity (Wildman–Crippen MR) is 94.0 cm³/mol. The number of likely N-dealkylation sites (N-methyl/N-ethyl adjacent to an activating group) is 1. The van der Waals surface area contributed by atoms with Gasteiger partial charge in [-0.1, -0.05) is 43.5 Å². The van der Waals surface area contributed by atoms with Gasteiger partial charge >= 0.3 is 0 Å². The van der Waals surface area contributed by atoms with Crippen LogP contribution in [0.2, 0.25) is 0 Å². The summed E-state index contributed by atoms with van der Waals surface area (Å²) < 4.78 is 0. The molecule has 4 aliphatic rings. The molecule has 3 saturated carbocycles. The minimum Gasteiger partial charge on any atom is -0.338 e. The van der Waals surface area contributed by atoms with Gasteiger partial charge in [-0.15, -0.1) is 0 Å². The van der Waals surface area contributed by atoms with E-state index in [2.05, 4.69) is 19.9 Å². The van der Waals surface area contributed by atoms with Crippen molar-refractivity contribution in [2.24, 2.45) is 28.6 Å². The first-order chi connectivity index (χ1) is 10.9. The fraction of sp³-hybridized carbons (Fsp3) is 0.750. The summed E-state index contributed by atoms with van der Waals surface area (Å²) >= 11 is 6.31. The second-order valence-corrected chi connectivity index (χ2v) is 9.09. The number of halogens is 1. The van der Waals surface area contributed by atoms with Gasteiger partial charge in [0.1, 0.15) is 0 Å². The molecule has 0 bridgehead atoms. The van der Waals surface area contributed by atoms with Crippen molar-refractivity contribution in [3.05, 3.63) is 23.3 Å². The van der Waals surface area contributed by atoms with Crippen molar-refractivity contribution in [1.29, 1.82) is 0 Å². The molecule has 4 rings (SSSR count). The second kappa shape index (κ2) is 5.12. The van der Waals surface area contributed by atoms with Gasteiger partial charge in [0.2, 0.25) is 5.91 Å². The summed E-state index contributed by atoms with van der Waals surface area (Å²) in [6.45, 7) is 4.89. The topological polar surface area (TPSA) is 20.3 Å². The largest absolute Gasteiger partial charge is 0.338 e. The van der Waals surface area contributed by atoms with E-state index in [1.165, 1.54) is 37.7 Å². The molecule has 0 aromatic heterocycles. The zero-order valence-corrected chi connectivity index (χ0v) is 15.3. The van der Waals surface area contributed by atoms with E-state index in [1.807, 2.05) is 23.6 Å². The summed E-state index contributed by atoms with van der Waals surface area (Å²) in [7, 11) is 1.96. The van der Waals surface area contributed by atoms with Crippen molar-refractivity contribution in [3.63, 3.8) is 0 Å². The van der Waals surface area contributed by atoms with Crippen LogP contribution in [0.3, 0.4) is 0 Å². The molecular formula is C20H28ClNO. The predicted octanol–water partition coefficient (Wildman–Crippen LogP) is 4.75. The Balaban J connectivity index is 1.79. The van der Waals surface area contributed by atoms with Crippen molar-refractivity contribution in [3.8, 4) is 0 Å². The number of nitrogens with zero attached hydrogens (tertiary/aromatic N) is 1. The number of hydrogen-bond donors (Lipinski definition) is 0. The molecule has 0 N–H and O–H groups in total. The smallest absolute Gasteiger partial charge is 0.246 e. The third-order valence-corrected chi connectivity index (χ3v) is 8.25. The summed E-state index contributed by atoms with van der Waals surface area (Å²) in [5.74, 6) is 2.15. The highest BCUT2D eigenvalue weighted by Gasteiger charge is 2.59. The Hall–Kier alpha value is -0.760. The molecule has 0 aromatic carbocycles. The average molecular weight is 334 g/mol. The molecule has 3 fully saturated rings. The SMILES string of the molecule is CN1C(=O)C=C[C@]2(C)[C@H]3CC[C@]4(C)CCC[C@H]4[C@@H]3C(=CCl)C[C@@H]12. The number of hydrogen-bond acceptors (Lipinski definition) is 1. The number of amides is 1. The fourth-order valence-corrected chi connectivity index (χ4v) is 6.83. The lowest BCUT2D eigenvalue weighted by atomic mass is 9.47. The van der Waals surface area contributed by atoms with Crippen molar-refractivity contribution in [2.75, 3.05) is 7.05 Å². The van der Waals surface area contributed by atoms with E-state index in [4.69, 9.17) is 11.6 Å². The summed E-state index contributed by atoms with van der Waals surface area (Å²) in [6.07, 6.45) is 11.7. The van der Waals surface area contributed by atoms with Gasteiger partial charge < -0.3 is 4.90 Å². The van der Waals surface area contributed by atoms with Gasteiger partial charge in [-0.05, 0) is 61.3 Å². The van der Waals surface area contributed by atoms with Gasteiger partial charge in [0, 0.05) is 24.0 Å². The van der Waals surface area contributed by atoms with Crippen LogP contribution in [-0.2, 0) is 4.79 Å². The van der Waals surface area contributed by atoms with Gasteiger partial charge in [-0.2, -0.15) is 0 Å². The van der Waals surface area contributed by atoms with E-state index in [0.29, 0.717) is 17.3 Å². The quantitative estimate of drug-likeness (QED) is 0.626. The maximum Gasteiger partial charge on any atom is 0.246 e. The molecular weight excluding hydrogens is 306 g/mol. The molecule has 0 spiro atoms. The van der Waals surface area contributed by atoms with Crippen LogP contribution in [0.15, 0.2) is 23.3 Å². The third-order valence-electron chi connectivity index (χ3n) is 7.97. The van der Waals surface area contributed by atoms with E-state index in [-0.39, 0.29) is 17.4 Å². The molecule has 1 aliphatic heterocycles. The molecule has 23 heavy (non-hydrogen) atoms. The lowest BCUT2D eigenvalue weighted by Gasteiger charge is -2.60. The molecule has 0 unspecified atom stereocenters. The van der Waals surface area contributed by atoms with Crippen LogP contribution in [0.4, 0.5) is 0 Å². The monoisotopic (exact) mass is 333 g/mol. The lowest BCUT2D eigenvalue weighted by Crippen LogP contribution is -2.59. The standard InChI is InChI=1S/C20H28ClNO/c1-19-8-4-5-14(19)18-13(12-21)11-16-20(2,15(18)6-9-19)10-7-17(23)22(16)3/h7,10,12,14-16,18H,4-6,8-9,11H2,1-3H3/t14-,15-,16+,18-,19-,20+/m0/s1. The Morgan fingerprint density at radius 3 is 2.78 bits per heavy atom. The minimum absolute atomic E-state index is 0.0979. The molecule has 1 amide bonds. The van der Waals surface area contributed by atoms with Crippen LogP contribution >= 0.6 is 11.6 Å². The van der Waals surface area contributed by atoms with Crippen LogP contribution in [0.5, 0.6) is 0 Å². The minimum atomic E-state index is 0.0979. The zero-order valence-electron chi connectivity index (χ0n) is 14.5. The average Bonchev–Trinajstić information content (AvgIpc) is 2.93. The van der Waals surface area contributed by atoms with Crippen LogP contribution in [-0.4, -0.2) is 23.9 Å². The highest BCUT2D eigenvalue weighted by molar-refractivity contribution is 6.25. The Morgan fingerprint density at radius 2 is 2.04 bits per heavy atom. The number of carbonyl (C=O) groups excluding carboxylic acids is 1. The van der Waals surface area contributed by atoms with Crippen LogP contribution in [0, 0.1) is 28.6 Å². The van der Waals surface area contributed by atoms with Gasteiger partial charge in [-0.25, -0.2) is 0 Å². The van der Waals surface area contributed by atoms with Gasteiger partial charge in [0.05, 0.1) is 0 Å². The molecule has 0 radical (unpaired) electrons. The van der Waals surface area contributed by atoms with E-state index < -0.39 is 0 Å². The van der Waals surface area contributed by atoms with E-state index >= 15 is 0 Å². The van der Waals surface area contributed by atoms with Crippen molar-refractivity contribution >= 4 is 17.5 Å². The molecule has 126 valence electrons. The molecule has 1 heterocycles. The Kier molecular flexibility index (Phi) is 3.50. The van der Waals surface area contributed by atoms with E-state index in [9.17, 15) is 4.79 Å². The Labute approximate surface area is 144 Å². The first-order valence-electron chi connectivity index (χ1n) is 9.16. The van der Waals surface area contributed by atoms with Crippen molar-refractivity contribution < 1.29 is 4.79 Å². The summed E-state index contributed by atoms with van der Waals surface area (Å²) in [4.78, 5) is 14.1. The van der Waals surface area contributed by atoms with Crippen LogP contribution in [0.1, 0.15) is 52.4 Å². The first kappa shape index (κ1) is 15.7. The molecule has 0 saturated heterocycles. The van der Waals surface area contributed by atoms with Crippen molar-refractivity contribution in [1.82, 2.24) is 4.90 Å². The maximum absolute atomic E-state index is 12.2. The fourth-order valence-electron chi connectivity index (χ4n) is 6.60. The molecule has 6 atom stereocenters. The normalized spacial score (nSPS) is 50.7. The number of carbonyl (C=O) groups is 1. The Bertz CT molecular complexity index is 596. The van der Waals surface area contributed by atoms with E-state index in [1.54, 1.807) is 0 Å². The third kappa shape index (κ3) is 2.03. The van der Waals surface area contributed by atoms with Gasteiger partial charge in [-0.3, -0.25) is 4.79 Å². The first-order valence-corrected chi connectivity index (χ1v) is 9.59. The maximum atomic E-state index is 12.2. The molecule has 0 aromatic rings. The van der Waals surface area contributed by atoms with Crippen LogP contribution < -0.4 is 0 Å². The number of rotatable bonds is 0. The molecule has 2 nitrogen and oxygen atoms in total. The lowest BCUT2D eigenvalue weighted by molar-refractivity contribution is -0.134. The van der Waals surface area contributed by atoms with Crippen molar-refractivity contribution in [2.45, 2.75) is 58.4 Å². The number of fused-ring (bicyclic) bond motifs is 5. The highest BCUT2D eigenvalue weighted by atomic mass is 35.5. The highest BCUT2D eigenvalue weighted by Crippen LogP contribution is 2.65. The van der Waals surface area contributed by atoms with Gasteiger partial charge in [0.15, 0.2) is 0 Å². The zero-order chi connectivity index (χ0) is 16.4. The summed E-state index contributed by atoms with van der Waals surface area (Å²) in [5.41, 5.74) is 3.88. The molecule has 3 aliphatic carbocycles.